The van der Waals surface area contributed by atoms with E-state index in [4.69, 9.17) is 10.1 Å². The molecule has 2 aliphatic rings. The molecule has 3 aromatic rings. The average molecular weight is 432 g/mol. The van der Waals surface area contributed by atoms with E-state index >= 15 is 0 Å². The molecule has 1 amide bonds. The second-order valence-electron chi connectivity index (χ2n) is 9.28. The van der Waals surface area contributed by atoms with Gasteiger partial charge in [-0.1, -0.05) is 43.7 Å². The van der Waals surface area contributed by atoms with Crippen molar-refractivity contribution < 1.29 is 4.79 Å². The van der Waals surface area contributed by atoms with Crippen LogP contribution in [-0.2, 0) is 13.1 Å². The van der Waals surface area contributed by atoms with Crippen molar-refractivity contribution in [1.29, 1.82) is 0 Å². The van der Waals surface area contributed by atoms with Crippen LogP contribution in [0, 0.1) is 6.92 Å². The molecule has 1 saturated carbocycles. The molecule has 6 heteroatoms. The largest absolute Gasteiger partial charge is 0.336 e. The third-order valence-corrected chi connectivity index (χ3v) is 6.76. The maximum absolute atomic E-state index is 13.7. The topological polar surface area (TPSA) is 54.3 Å². The van der Waals surface area contributed by atoms with Crippen LogP contribution in [0.2, 0.25) is 0 Å². The molecule has 1 aliphatic heterocycles. The van der Waals surface area contributed by atoms with Crippen LogP contribution in [0.25, 0.3) is 11.0 Å². The van der Waals surface area contributed by atoms with Crippen LogP contribution in [0.1, 0.15) is 65.8 Å². The van der Waals surface area contributed by atoms with Gasteiger partial charge in [0.15, 0.2) is 5.65 Å². The van der Waals surface area contributed by atoms with E-state index in [2.05, 4.69) is 48.2 Å². The average Bonchev–Trinajstić information content (AvgIpc) is 3.62. The lowest BCUT2D eigenvalue weighted by atomic mass is 10.1. The first kappa shape index (κ1) is 21.1. The Balaban J connectivity index is 1.38. The Morgan fingerprint density at radius 1 is 1.09 bits per heavy atom. The minimum absolute atomic E-state index is 0.136. The van der Waals surface area contributed by atoms with Crippen LogP contribution >= 0.6 is 0 Å². The highest BCUT2D eigenvalue weighted by Crippen LogP contribution is 2.40. The zero-order valence-electron chi connectivity index (χ0n) is 19.3. The van der Waals surface area contributed by atoms with Crippen molar-refractivity contribution in [3.63, 3.8) is 0 Å². The first-order valence-electron chi connectivity index (χ1n) is 12.1. The van der Waals surface area contributed by atoms with Gasteiger partial charge < -0.3 is 4.90 Å². The van der Waals surface area contributed by atoms with Gasteiger partial charge in [0.25, 0.3) is 5.91 Å². The zero-order chi connectivity index (χ0) is 22.1. The lowest BCUT2D eigenvalue weighted by molar-refractivity contribution is 0.0630. The standard InChI is InChI=1S/C26H33N5O/c1-3-4-12-31-25-24(19(2)28-31)22(17-23(27-25)21-10-11-21)26(32)30-15-13-29(14-16-30)18-20-8-6-5-7-9-20/h5-9,17,21H,3-4,10-16,18H2,1-2H3. The van der Waals surface area contributed by atoms with E-state index in [1.165, 1.54) is 18.4 Å². The van der Waals surface area contributed by atoms with E-state index in [9.17, 15) is 4.79 Å². The molecule has 1 saturated heterocycles. The number of unbranched alkanes of at least 4 members (excludes halogenated alkanes) is 1. The van der Waals surface area contributed by atoms with Crippen molar-refractivity contribution in [1.82, 2.24) is 24.6 Å². The second kappa shape index (κ2) is 9.02. The number of piperazine rings is 1. The van der Waals surface area contributed by atoms with Crippen molar-refractivity contribution in [2.24, 2.45) is 0 Å². The van der Waals surface area contributed by atoms with E-state index < -0.39 is 0 Å². The molecule has 168 valence electrons. The van der Waals surface area contributed by atoms with E-state index in [0.29, 0.717) is 5.92 Å². The molecule has 0 spiro atoms. The van der Waals surface area contributed by atoms with Crippen LogP contribution in [-0.4, -0.2) is 56.7 Å². The number of amides is 1. The first-order chi connectivity index (χ1) is 15.6. The molecule has 2 fully saturated rings. The number of carbonyl (C=O) groups is 1. The van der Waals surface area contributed by atoms with Gasteiger partial charge in [-0.3, -0.25) is 9.69 Å². The maximum atomic E-state index is 13.7. The van der Waals surface area contributed by atoms with E-state index in [1.54, 1.807) is 0 Å². The third kappa shape index (κ3) is 4.29. The van der Waals surface area contributed by atoms with Gasteiger partial charge in [-0.05, 0) is 37.8 Å². The van der Waals surface area contributed by atoms with Gasteiger partial charge in [0.05, 0.1) is 16.6 Å². The summed E-state index contributed by atoms with van der Waals surface area (Å²) < 4.78 is 2.02. The van der Waals surface area contributed by atoms with Gasteiger partial charge >= 0.3 is 0 Å². The van der Waals surface area contributed by atoms with Gasteiger partial charge in [-0.15, -0.1) is 0 Å². The van der Waals surface area contributed by atoms with Crippen LogP contribution in [0.4, 0.5) is 0 Å². The molecular weight excluding hydrogens is 398 g/mol. The number of rotatable bonds is 7. The Hall–Kier alpha value is -2.73. The highest BCUT2D eigenvalue weighted by Gasteiger charge is 2.31. The van der Waals surface area contributed by atoms with Gasteiger partial charge in [-0.25, -0.2) is 9.67 Å². The second-order valence-corrected chi connectivity index (χ2v) is 9.28. The summed E-state index contributed by atoms with van der Waals surface area (Å²) in [6.45, 7) is 9.32. The predicted molar refractivity (Wildman–Crippen MR) is 127 cm³/mol. The number of carbonyl (C=O) groups excluding carboxylic acids is 1. The van der Waals surface area contributed by atoms with Gasteiger partial charge in [0.1, 0.15) is 0 Å². The van der Waals surface area contributed by atoms with Crippen molar-refractivity contribution in [3.8, 4) is 0 Å². The predicted octanol–water partition coefficient (Wildman–Crippen LogP) is 4.38. The highest BCUT2D eigenvalue weighted by atomic mass is 16.2. The number of nitrogens with zero attached hydrogens (tertiary/aromatic N) is 5. The Labute approximate surface area is 190 Å². The maximum Gasteiger partial charge on any atom is 0.254 e. The highest BCUT2D eigenvalue weighted by molar-refractivity contribution is 6.06. The quantitative estimate of drug-likeness (QED) is 0.557. The summed E-state index contributed by atoms with van der Waals surface area (Å²) in [5.41, 5.74) is 5.01. The molecule has 1 aromatic carbocycles. The molecule has 0 radical (unpaired) electrons. The number of fused-ring (bicyclic) bond motifs is 1. The number of pyridine rings is 1. The molecule has 0 bridgehead atoms. The van der Waals surface area contributed by atoms with Gasteiger partial charge in [0, 0.05) is 50.9 Å². The molecule has 32 heavy (non-hydrogen) atoms. The SMILES string of the molecule is CCCCn1nc(C)c2c(C(=O)N3CCN(Cc4ccccc4)CC3)cc(C3CC3)nc21. The molecule has 0 N–H and O–H groups in total. The van der Waals surface area contributed by atoms with Crippen LogP contribution < -0.4 is 0 Å². The smallest absolute Gasteiger partial charge is 0.254 e. The molecule has 1 aliphatic carbocycles. The van der Waals surface area contributed by atoms with Crippen LogP contribution in [0.15, 0.2) is 36.4 Å². The van der Waals surface area contributed by atoms with Crippen molar-refractivity contribution in [2.75, 3.05) is 26.2 Å². The Morgan fingerprint density at radius 2 is 1.84 bits per heavy atom. The van der Waals surface area contributed by atoms with Crippen LogP contribution in [0.3, 0.4) is 0 Å². The Kier molecular flexibility index (Phi) is 5.96. The monoisotopic (exact) mass is 431 g/mol. The minimum Gasteiger partial charge on any atom is -0.336 e. The van der Waals surface area contributed by atoms with Gasteiger partial charge in [-0.2, -0.15) is 5.10 Å². The van der Waals surface area contributed by atoms with Gasteiger partial charge in [0.2, 0.25) is 0 Å². The van der Waals surface area contributed by atoms with E-state index in [-0.39, 0.29) is 5.91 Å². The zero-order valence-corrected chi connectivity index (χ0v) is 19.3. The normalized spacial score (nSPS) is 17.2. The summed E-state index contributed by atoms with van der Waals surface area (Å²) in [6, 6.07) is 12.6. The number of aromatic nitrogens is 3. The summed E-state index contributed by atoms with van der Waals surface area (Å²) in [6.07, 6.45) is 4.53. The summed E-state index contributed by atoms with van der Waals surface area (Å²) in [4.78, 5) is 23.1. The van der Waals surface area contributed by atoms with E-state index in [1.807, 2.05) is 16.5 Å². The summed E-state index contributed by atoms with van der Waals surface area (Å²) in [7, 11) is 0. The molecule has 5 rings (SSSR count). The van der Waals surface area contributed by atoms with E-state index in [0.717, 1.165) is 80.1 Å². The summed E-state index contributed by atoms with van der Waals surface area (Å²) >= 11 is 0. The molecule has 3 heterocycles. The lowest BCUT2D eigenvalue weighted by Crippen LogP contribution is -2.48. The van der Waals surface area contributed by atoms with Crippen molar-refractivity contribution in [2.45, 2.75) is 58.5 Å². The first-order valence-corrected chi connectivity index (χ1v) is 12.1. The number of hydrogen-bond acceptors (Lipinski definition) is 4. The molecule has 2 aromatic heterocycles. The number of aryl methyl sites for hydroxylation is 2. The molecule has 0 unspecified atom stereocenters. The summed E-state index contributed by atoms with van der Waals surface area (Å²) in [5.74, 6) is 0.639. The summed E-state index contributed by atoms with van der Waals surface area (Å²) in [5, 5.41) is 5.72. The minimum atomic E-state index is 0.136. The fraction of sp³-hybridized carbons (Fsp3) is 0.500. The number of hydrogen-bond donors (Lipinski definition) is 0. The Bertz CT molecular complexity index is 1090. The Morgan fingerprint density at radius 3 is 2.53 bits per heavy atom. The van der Waals surface area contributed by atoms with Crippen molar-refractivity contribution in [3.05, 3.63) is 58.9 Å². The molecular formula is C26H33N5O. The molecule has 0 atom stereocenters. The van der Waals surface area contributed by atoms with Crippen LogP contribution in [0.5, 0.6) is 0 Å². The van der Waals surface area contributed by atoms with Crippen molar-refractivity contribution >= 4 is 16.9 Å². The lowest BCUT2D eigenvalue weighted by Gasteiger charge is -2.35. The molecule has 6 nitrogen and oxygen atoms in total. The number of benzene rings is 1. The fourth-order valence-electron chi connectivity index (χ4n) is 4.71. The third-order valence-electron chi connectivity index (χ3n) is 6.76. The fourth-order valence-corrected chi connectivity index (χ4v) is 4.71.